The highest BCUT2D eigenvalue weighted by Gasteiger charge is 2.20. The van der Waals surface area contributed by atoms with Gasteiger partial charge >= 0.3 is 0 Å². The van der Waals surface area contributed by atoms with Crippen molar-refractivity contribution in [3.8, 4) is 0 Å². The van der Waals surface area contributed by atoms with Gasteiger partial charge in [-0.05, 0) is 51.2 Å². The zero-order valence-electron chi connectivity index (χ0n) is 12.5. The van der Waals surface area contributed by atoms with Gasteiger partial charge in [-0.3, -0.25) is 0 Å². The highest BCUT2D eigenvalue weighted by molar-refractivity contribution is 4.76. The van der Waals surface area contributed by atoms with Crippen molar-refractivity contribution in [2.75, 3.05) is 27.2 Å². The Hall–Kier alpha value is -0.0800. The lowest BCUT2D eigenvalue weighted by Gasteiger charge is -2.31. The predicted octanol–water partition coefficient (Wildman–Crippen LogP) is 2.99. The van der Waals surface area contributed by atoms with Crippen molar-refractivity contribution in [2.24, 2.45) is 17.8 Å². The number of hydrogen-bond donors (Lipinski definition) is 1. The summed E-state index contributed by atoms with van der Waals surface area (Å²) < 4.78 is 0. The Morgan fingerprint density at radius 1 is 1.24 bits per heavy atom. The second kappa shape index (κ2) is 7.38. The van der Waals surface area contributed by atoms with E-state index in [2.05, 4.69) is 45.1 Å². The van der Waals surface area contributed by atoms with Crippen LogP contribution < -0.4 is 5.32 Å². The van der Waals surface area contributed by atoms with E-state index in [-0.39, 0.29) is 0 Å². The zero-order valence-corrected chi connectivity index (χ0v) is 12.5. The average molecular weight is 240 g/mol. The first kappa shape index (κ1) is 15.0. The summed E-state index contributed by atoms with van der Waals surface area (Å²) in [6, 6.07) is 0.663. The number of rotatable bonds is 6. The van der Waals surface area contributed by atoms with Gasteiger partial charge in [0.25, 0.3) is 0 Å². The Labute approximate surface area is 108 Å². The molecule has 0 bridgehead atoms. The fraction of sp³-hybridized carbons (Fsp3) is 1.00. The normalized spacial score (nSPS) is 27.7. The van der Waals surface area contributed by atoms with Gasteiger partial charge in [0.05, 0.1) is 0 Å². The van der Waals surface area contributed by atoms with Crippen molar-refractivity contribution in [3.05, 3.63) is 0 Å². The van der Waals surface area contributed by atoms with E-state index in [1.54, 1.807) is 0 Å². The molecule has 102 valence electrons. The molecule has 1 aliphatic carbocycles. The minimum atomic E-state index is 0.663. The highest BCUT2D eigenvalue weighted by Crippen LogP contribution is 2.27. The lowest BCUT2D eigenvalue weighted by Crippen LogP contribution is -2.43. The second-order valence-corrected chi connectivity index (χ2v) is 6.57. The maximum atomic E-state index is 3.70. The second-order valence-electron chi connectivity index (χ2n) is 6.57. The van der Waals surface area contributed by atoms with Gasteiger partial charge in [-0.15, -0.1) is 0 Å². The molecule has 1 aliphatic rings. The first-order chi connectivity index (χ1) is 8.00. The van der Waals surface area contributed by atoms with E-state index in [9.17, 15) is 0 Å². The molecule has 17 heavy (non-hydrogen) atoms. The Balaban J connectivity index is 2.21. The van der Waals surface area contributed by atoms with Gasteiger partial charge in [-0.25, -0.2) is 0 Å². The molecule has 3 atom stereocenters. The number of likely N-dealkylation sites (N-methyl/N-ethyl adjacent to an activating group) is 1. The molecule has 0 aromatic heterocycles. The van der Waals surface area contributed by atoms with Crippen molar-refractivity contribution in [1.82, 2.24) is 10.2 Å². The van der Waals surface area contributed by atoms with Crippen LogP contribution in [-0.4, -0.2) is 38.1 Å². The molecule has 2 heteroatoms. The molecule has 0 heterocycles. The molecule has 0 aromatic carbocycles. The quantitative estimate of drug-likeness (QED) is 0.768. The average Bonchev–Trinajstić information content (AvgIpc) is 2.23. The number of nitrogens with zero attached hydrogens (tertiary/aromatic N) is 1. The van der Waals surface area contributed by atoms with E-state index in [0.717, 1.165) is 24.3 Å². The van der Waals surface area contributed by atoms with Crippen LogP contribution in [0.15, 0.2) is 0 Å². The standard InChI is InChI=1S/C15H32N2/c1-12(2)15(17(4)5)11-16-10-14-8-6-7-13(3)9-14/h12-16H,6-11H2,1-5H3. The Kier molecular flexibility index (Phi) is 6.50. The van der Waals surface area contributed by atoms with E-state index >= 15 is 0 Å². The van der Waals surface area contributed by atoms with Crippen LogP contribution in [0.25, 0.3) is 0 Å². The Morgan fingerprint density at radius 2 is 1.94 bits per heavy atom. The van der Waals surface area contributed by atoms with E-state index in [1.807, 2.05) is 0 Å². The Morgan fingerprint density at radius 3 is 2.47 bits per heavy atom. The maximum Gasteiger partial charge on any atom is 0.0237 e. The molecule has 1 N–H and O–H groups in total. The van der Waals surface area contributed by atoms with Gasteiger partial charge in [0, 0.05) is 12.6 Å². The molecule has 0 saturated heterocycles. The number of nitrogens with one attached hydrogen (secondary N) is 1. The molecule has 2 nitrogen and oxygen atoms in total. The molecule has 1 saturated carbocycles. The van der Waals surface area contributed by atoms with Gasteiger partial charge in [0.2, 0.25) is 0 Å². The summed E-state index contributed by atoms with van der Waals surface area (Å²) >= 11 is 0. The van der Waals surface area contributed by atoms with Crippen molar-refractivity contribution in [3.63, 3.8) is 0 Å². The lowest BCUT2D eigenvalue weighted by atomic mass is 9.82. The highest BCUT2D eigenvalue weighted by atomic mass is 15.1. The van der Waals surface area contributed by atoms with Gasteiger partial charge in [-0.1, -0.05) is 33.6 Å². The number of hydrogen-bond acceptors (Lipinski definition) is 2. The summed E-state index contributed by atoms with van der Waals surface area (Å²) in [6.07, 6.45) is 5.75. The fourth-order valence-electron chi connectivity index (χ4n) is 3.20. The van der Waals surface area contributed by atoms with Gasteiger partial charge in [0.1, 0.15) is 0 Å². The van der Waals surface area contributed by atoms with Crippen LogP contribution >= 0.6 is 0 Å². The molecular weight excluding hydrogens is 208 g/mol. The monoisotopic (exact) mass is 240 g/mol. The predicted molar refractivity (Wildman–Crippen MR) is 76.3 cm³/mol. The van der Waals surface area contributed by atoms with Gasteiger partial charge < -0.3 is 10.2 Å². The maximum absolute atomic E-state index is 3.70. The smallest absolute Gasteiger partial charge is 0.0237 e. The first-order valence-electron chi connectivity index (χ1n) is 7.37. The molecule has 3 unspecified atom stereocenters. The lowest BCUT2D eigenvalue weighted by molar-refractivity contribution is 0.212. The van der Waals surface area contributed by atoms with E-state index in [0.29, 0.717) is 6.04 Å². The van der Waals surface area contributed by atoms with Crippen LogP contribution in [0.1, 0.15) is 46.5 Å². The van der Waals surface area contributed by atoms with E-state index in [1.165, 1.54) is 32.2 Å². The molecule has 0 radical (unpaired) electrons. The van der Waals surface area contributed by atoms with Crippen LogP contribution in [0.3, 0.4) is 0 Å². The van der Waals surface area contributed by atoms with Crippen LogP contribution in [0.2, 0.25) is 0 Å². The third kappa shape index (κ3) is 5.39. The molecule has 1 rings (SSSR count). The molecule has 0 aliphatic heterocycles. The summed E-state index contributed by atoms with van der Waals surface area (Å²) in [5.41, 5.74) is 0. The van der Waals surface area contributed by atoms with Crippen LogP contribution in [0.4, 0.5) is 0 Å². The fourth-order valence-corrected chi connectivity index (χ4v) is 3.20. The van der Waals surface area contributed by atoms with Gasteiger partial charge in [0.15, 0.2) is 0 Å². The SMILES string of the molecule is CC1CCCC(CNCC(C(C)C)N(C)C)C1. The zero-order chi connectivity index (χ0) is 12.8. The summed E-state index contributed by atoms with van der Waals surface area (Å²) in [4.78, 5) is 2.35. The largest absolute Gasteiger partial charge is 0.315 e. The van der Waals surface area contributed by atoms with Crippen LogP contribution in [0.5, 0.6) is 0 Å². The summed E-state index contributed by atoms with van der Waals surface area (Å²) in [5, 5.41) is 3.70. The molecule has 0 aromatic rings. The minimum absolute atomic E-state index is 0.663. The molecule has 0 amide bonds. The van der Waals surface area contributed by atoms with Crippen molar-refractivity contribution < 1.29 is 0 Å². The molecular formula is C15H32N2. The third-order valence-electron chi connectivity index (χ3n) is 4.26. The van der Waals surface area contributed by atoms with Gasteiger partial charge in [-0.2, -0.15) is 0 Å². The minimum Gasteiger partial charge on any atom is -0.315 e. The van der Waals surface area contributed by atoms with Crippen LogP contribution in [0, 0.1) is 17.8 Å². The summed E-state index contributed by atoms with van der Waals surface area (Å²) in [7, 11) is 4.38. The third-order valence-corrected chi connectivity index (χ3v) is 4.26. The van der Waals surface area contributed by atoms with Crippen molar-refractivity contribution in [2.45, 2.75) is 52.5 Å². The van der Waals surface area contributed by atoms with Crippen molar-refractivity contribution in [1.29, 1.82) is 0 Å². The van der Waals surface area contributed by atoms with E-state index in [4.69, 9.17) is 0 Å². The molecule has 1 fully saturated rings. The van der Waals surface area contributed by atoms with Crippen molar-refractivity contribution >= 4 is 0 Å². The first-order valence-corrected chi connectivity index (χ1v) is 7.37. The van der Waals surface area contributed by atoms with Crippen LogP contribution in [-0.2, 0) is 0 Å². The summed E-state index contributed by atoms with van der Waals surface area (Å²) in [6.45, 7) is 9.39. The summed E-state index contributed by atoms with van der Waals surface area (Å²) in [5.74, 6) is 2.60. The Bertz CT molecular complexity index is 193. The molecule has 0 spiro atoms. The van der Waals surface area contributed by atoms with E-state index < -0.39 is 0 Å². The topological polar surface area (TPSA) is 15.3 Å².